The number of aliphatic hydroxyl groups is 2. The number of nitrogens with zero attached hydrogens (tertiary/aromatic N) is 1. The lowest BCUT2D eigenvalue weighted by Gasteiger charge is -2.36. The molecule has 14 heteroatoms. The normalized spacial score (nSPS) is 17.0. The molecule has 2 aromatic heterocycles. The highest BCUT2D eigenvalue weighted by molar-refractivity contribution is 5.94. The van der Waals surface area contributed by atoms with Gasteiger partial charge in [-0.1, -0.05) is 48.5 Å². The van der Waals surface area contributed by atoms with E-state index in [4.69, 9.17) is 4.74 Å². The van der Waals surface area contributed by atoms with E-state index in [1.165, 1.54) is 42.6 Å². The quantitative estimate of drug-likeness (QED) is 0.0836. The molecule has 2 atom stereocenters. The topological polar surface area (TPSA) is 223 Å². The SMILES string of the molecule is O=C(COc1cccc(C(O)(C(=O)O)c2ccccc2)c1)NC1CC(NC(=O)c2ccc(CNCC(O)c3ccc(O)c4[nH]c(=O)ccc34)nc2)C1. The number of pyridine rings is 2. The molecule has 1 saturated carbocycles. The van der Waals surface area contributed by atoms with Gasteiger partial charge in [0.15, 0.2) is 6.61 Å². The molecule has 2 amide bonds. The summed E-state index contributed by atoms with van der Waals surface area (Å²) in [4.78, 5) is 56.0. The highest BCUT2D eigenvalue weighted by Gasteiger charge is 2.40. The fourth-order valence-electron chi connectivity index (χ4n) is 6.10. The summed E-state index contributed by atoms with van der Waals surface area (Å²) < 4.78 is 5.60. The summed E-state index contributed by atoms with van der Waals surface area (Å²) in [7, 11) is 0. The zero-order valence-corrected chi connectivity index (χ0v) is 27.8. The third-order valence-corrected chi connectivity index (χ3v) is 8.96. The number of fused-ring (bicyclic) bond motifs is 1. The number of phenolic OH excluding ortho intramolecular Hbond substituents is 1. The van der Waals surface area contributed by atoms with Crippen LogP contribution in [0.4, 0.5) is 0 Å². The van der Waals surface area contributed by atoms with Gasteiger partial charge < -0.3 is 46.1 Å². The number of ether oxygens (including phenoxy) is 1. The molecule has 0 spiro atoms. The van der Waals surface area contributed by atoms with Crippen molar-refractivity contribution < 1.29 is 39.5 Å². The van der Waals surface area contributed by atoms with Crippen molar-refractivity contribution in [1.29, 1.82) is 0 Å². The third kappa shape index (κ3) is 7.94. The van der Waals surface area contributed by atoms with Gasteiger partial charge in [-0.3, -0.25) is 19.4 Å². The molecule has 5 aromatic rings. The number of aromatic amines is 1. The molecule has 0 saturated heterocycles. The van der Waals surface area contributed by atoms with Gasteiger partial charge in [0.1, 0.15) is 11.5 Å². The highest BCUT2D eigenvalue weighted by Crippen LogP contribution is 2.32. The summed E-state index contributed by atoms with van der Waals surface area (Å²) in [5, 5.41) is 51.2. The number of benzene rings is 3. The van der Waals surface area contributed by atoms with E-state index in [-0.39, 0.29) is 70.8 Å². The van der Waals surface area contributed by atoms with E-state index in [9.17, 15) is 39.6 Å². The maximum atomic E-state index is 12.8. The Kier molecular flexibility index (Phi) is 10.6. The van der Waals surface area contributed by atoms with Gasteiger partial charge in [-0.25, -0.2) is 4.79 Å². The third-order valence-electron chi connectivity index (χ3n) is 8.96. The van der Waals surface area contributed by atoms with Gasteiger partial charge >= 0.3 is 5.97 Å². The van der Waals surface area contributed by atoms with Crippen molar-refractivity contribution in [3.05, 3.63) is 135 Å². The zero-order chi connectivity index (χ0) is 36.8. The molecule has 1 aliphatic carbocycles. The molecule has 268 valence electrons. The van der Waals surface area contributed by atoms with Crippen LogP contribution >= 0.6 is 0 Å². The Hall–Kier alpha value is -6.09. The van der Waals surface area contributed by atoms with Crippen LogP contribution in [-0.4, -0.2) is 73.4 Å². The van der Waals surface area contributed by atoms with Crippen LogP contribution in [0, 0.1) is 0 Å². The number of carbonyl (C=O) groups excluding carboxylic acids is 2. The van der Waals surface area contributed by atoms with Crippen LogP contribution in [-0.2, 0) is 21.7 Å². The minimum atomic E-state index is -2.30. The second kappa shape index (κ2) is 15.4. The number of nitrogens with one attached hydrogen (secondary N) is 4. The maximum absolute atomic E-state index is 12.8. The predicted octanol–water partition coefficient (Wildman–Crippen LogP) is 2.23. The Morgan fingerprint density at radius 2 is 1.67 bits per heavy atom. The second-order valence-corrected chi connectivity index (χ2v) is 12.6. The van der Waals surface area contributed by atoms with Gasteiger partial charge in [-0.15, -0.1) is 0 Å². The van der Waals surface area contributed by atoms with Gasteiger partial charge in [0.2, 0.25) is 11.2 Å². The molecule has 1 aliphatic rings. The fraction of sp³-hybridized carbons (Fsp3) is 0.237. The number of H-pyrrole nitrogens is 1. The molecule has 0 bridgehead atoms. The van der Waals surface area contributed by atoms with Crippen LogP contribution < -0.4 is 26.2 Å². The summed E-state index contributed by atoms with van der Waals surface area (Å²) >= 11 is 0. The number of aliphatic hydroxyl groups excluding tert-OH is 1. The average Bonchev–Trinajstić information content (AvgIpc) is 3.13. The number of phenols is 1. The standard InChI is InChI=1S/C38H37N5O9/c44-31-13-11-29(30-12-14-33(46)43-35(30)31)32(45)20-39-19-25-10-9-22(18-40-25)36(48)42-27-16-26(17-27)41-34(47)21-52-28-8-4-7-24(15-28)38(51,37(49)50)23-5-2-1-3-6-23/h1-15,18,26-27,32,39,44-45,51H,16-17,19-21H2,(H,41,47)(H,42,48)(H,43,46)(H,49,50). The molecule has 8 N–H and O–H groups in total. The Morgan fingerprint density at radius 3 is 2.40 bits per heavy atom. The number of rotatable bonds is 14. The van der Waals surface area contributed by atoms with E-state index in [2.05, 4.69) is 25.9 Å². The lowest BCUT2D eigenvalue weighted by molar-refractivity contribution is -0.155. The highest BCUT2D eigenvalue weighted by atomic mass is 16.5. The number of aromatic hydroxyl groups is 1. The maximum Gasteiger partial charge on any atom is 0.345 e. The molecule has 3 aromatic carbocycles. The van der Waals surface area contributed by atoms with Crippen molar-refractivity contribution in [2.24, 2.45) is 0 Å². The van der Waals surface area contributed by atoms with Crippen LogP contribution in [0.2, 0.25) is 0 Å². The summed E-state index contributed by atoms with van der Waals surface area (Å²) in [6.45, 7) is 0.173. The van der Waals surface area contributed by atoms with Crippen molar-refractivity contribution in [2.75, 3.05) is 13.2 Å². The second-order valence-electron chi connectivity index (χ2n) is 12.6. The van der Waals surface area contributed by atoms with E-state index in [0.29, 0.717) is 41.6 Å². The number of carboxylic acid groups (broad SMARTS) is 1. The van der Waals surface area contributed by atoms with Gasteiger partial charge in [0.25, 0.3) is 11.8 Å². The summed E-state index contributed by atoms with van der Waals surface area (Å²) in [5.41, 5.74) is -0.570. The van der Waals surface area contributed by atoms with E-state index in [0.717, 1.165) is 0 Å². The van der Waals surface area contributed by atoms with Crippen molar-refractivity contribution in [1.82, 2.24) is 25.9 Å². The molecule has 2 heterocycles. The van der Waals surface area contributed by atoms with Crippen LogP contribution in [0.25, 0.3) is 10.9 Å². The van der Waals surface area contributed by atoms with E-state index < -0.39 is 17.7 Å². The molecule has 14 nitrogen and oxygen atoms in total. The Morgan fingerprint density at radius 1 is 0.923 bits per heavy atom. The molecule has 0 aliphatic heterocycles. The molecule has 2 unspecified atom stereocenters. The first-order valence-corrected chi connectivity index (χ1v) is 16.5. The average molecular weight is 708 g/mol. The fourth-order valence-corrected chi connectivity index (χ4v) is 6.10. The zero-order valence-electron chi connectivity index (χ0n) is 27.8. The Labute approximate surface area is 297 Å². The first-order chi connectivity index (χ1) is 25.0. The number of carbonyl (C=O) groups is 3. The van der Waals surface area contributed by atoms with Crippen molar-refractivity contribution in [3.8, 4) is 11.5 Å². The minimum absolute atomic E-state index is 0.0834. The molecule has 52 heavy (non-hydrogen) atoms. The summed E-state index contributed by atoms with van der Waals surface area (Å²) in [6.07, 6.45) is 1.60. The monoisotopic (exact) mass is 707 g/mol. The van der Waals surface area contributed by atoms with Gasteiger partial charge in [0, 0.05) is 48.4 Å². The van der Waals surface area contributed by atoms with E-state index in [1.54, 1.807) is 54.6 Å². The number of amides is 2. The van der Waals surface area contributed by atoms with Crippen LogP contribution in [0.1, 0.15) is 51.7 Å². The van der Waals surface area contributed by atoms with E-state index >= 15 is 0 Å². The first-order valence-electron chi connectivity index (χ1n) is 16.5. The summed E-state index contributed by atoms with van der Waals surface area (Å²) in [5.74, 6) is -1.99. The van der Waals surface area contributed by atoms with Gasteiger partial charge in [-0.2, -0.15) is 0 Å². The van der Waals surface area contributed by atoms with Crippen LogP contribution in [0.15, 0.2) is 102 Å². The molecular formula is C38H37N5O9. The van der Waals surface area contributed by atoms with E-state index in [1.807, 2.05) is 0 Å². The van der Waals surface area contributed by atoms with Gasteiger partial charge in [0.05, 0.1) is 22.9 Å². The number of hydrogen-bond donors (Lipinski definition) is 8. The number of carboxylic acids is 1. The number of aromatic nitrogens is 2. The molecular weight excluding hydrogens is 670 g/mol. The largest absolute Gasteiger partial charge is 0.506 e. The lowest BCUT2D eigenvalue weighted by atomic mass is 9.86. The van der Waals surface area contributed by atoms with Crippen LogP contribution in [0.5, 0.6) is 11.5 Å². The minimum Gasteiger partial charge on any atom is -0.506 e. The number of hydrogen-bond acceptors (Lipinski definition) is 10. The summed E-state index contributed by atoms with van der Waals surface area (Å²) in [6, 6.07) is 22.9. The smallest absolute Gasteiger partial charge is 0.345 e. The number of aliphatic carboxylic acids is 1. The first kappa shape index (κ1) is 35.7. The van der Waals surface area contributed by atoms with Crippen molar-refractivity contribution in [3.63, 3.8) is 0 Å². The predicted molar refractivity (Wildman–Crippen MR) is 189 cm³/mol. The van der Waals surface area contributed by atoms with Crippen molar-refractivity contribution >= 4 is 28.7 Å². The van der Waals surface area contributed by atoms with Crippen molar-refractivity contribution in [2.45, 2.75) is 43.2 Å². The van der Waals surface area contributed by atoms with Gasteiger partial charge in [-0.05, 0) is 60.4 Å². The molecule has 1 fully saturated rings. The molecule has 6 rings (SSSR count). The lowest BCUT2D eigenvalue weighted by Crippen LogP contribution is -2.54. The molecule has 0 radical (unpaired) electrons. The van der Waals surface area contributed by atoms with Crippen LogP contribution in [0.3, 0.4) is 0 Å². The Bertz CT molecular complexity index is 2140. The Balaban J connectivity index is 0.918.